The summed E-state index contributed by atoms with van der Waals surface area (Å²) in [5, 5.41) is 9.01. The van der Waals surface area contributed by atoms with Gasteiger partial charge in [0.05, 0.1) is 0 Å². The second-order valence-electron chi connectivity index (χ2n) is 4.72. The van der Waals surface area contributed by atoms with Gasteiger partial charge in [0.1, 0.15) is 17.3 Å². The third kappa shape index (κ3) is 3.57. The Morgan fingerprint density at radius 2 is 2.10 bits per heavy atom. The average Bonchev–Trinajstić information content (AvgIpc) is 2.91. The SMILES string of the molecule is Cc1cc(C(C)NS(=O)(=O)c2cc(CO)oc2Br)c(C)s1. The minimum absolute atomic E-state index is 0.0111. The van der Waals surface area contributed by atoms with Gasteiger partial charge in [-0.25, -0.2) is 13.1 Å². The predicted octanol–water partition coefficient (Wildman–Crippen LogP) is 3.25. The van der Waals surface area contributed by atoms with Crippen LogP contribution in [0.25, 0.3) is 0 Å². The lowest BCUT2D eigenvalue weighted by atomic mass is 10.1. The molecule has 0 aromatic carbocycles. The Bertz CT molecular complexity index is 748. The molecule has 5 nitrogen and oxygen atoms in total. The quantitative estimate of drug-likeness (QED) is 0.816. The monoisotopic (exact) mass is 393 g/mol. The Kier molecular flexibility index (Phi) is 4.94. The normalized spacial score (nSPS) is 13.6. The van der Waals surface area contributed by atoms with E-state index in [1.54, 1.807) is 18.3 Å². The number of sulfonamides is 1. The third-order valence-electron chi connectivity index (χ3n) is 3.03. The Morgan fingerprint density at radius 3 is 2.57 bits per heavy atom. The predicted molar refractivity (Wildman–Crippen MR) is 84.9 cm³/mol. The van der Waals surface area contributed by atoms with E-state index in [1.165, 1.54) is 6.07 Å². The van der Waals surface area contributed by atoms with Crippen molar-refractivity contribution in [2.24, 2.45) is 0 Å². The van der Waals surface area contributed by atoms with Gasteiger partial charge < -0.3 is 9.52 Å². The van der Waals surface area contributed by atoms with Crippen molar-refractivity contribution in [3.8, 4) is 0 Å². The Hall–Kier alpha value is -0.670. The van der Waals surface area contributed by atoms with Gasteiger partial charge in [-0.15, -0.1) is 11.3 Å². The van der Waals surface area contributed by atoms with E-state index in [0.717, 1.165) is 15.3 Å². The molecule has 1 atom stereocenters. The number of thiophene rings is 1. The average molecular weight is 394 g/mol. The number of hydrogen-bond donors (Lipinski definition) is 2. The van der Waals surface area contributed by atoms with Crippen LogP contribution in [0.1, 0.15) is 34.0 Å². The van der Waals surface area contributed by atoms with E-state index in [9.17, 15) is 8.42 Å². The lowest BCUT2D eigenvalue weighted by Gasteiger charge is -2.13. The zero-order chi connectivity index (χ0) is 15.8. The van der Waals surface area contributed by atoms with Crippen LogP contribution in [-0.2, 0) is 16.6 Å². The van der Waals surface area contributed by atoms with Crippen molar-refractivity contribution in [3.05, 3.63) is 37.9 Å². The highest BCUT2D eigenvalue weighted by molar-refractivity contribution is 9.10. The van der Waals surface area contributed by atoms with Crippen molar-refractivity contribution in [2.45, 2.75) is 38.3 Å². The number of aliphatic hydroxyl groups excluding tert-OH is 1. The first-order chi connectivity index (χ1) is 9.74. The summed E-state index contributed by atoms with van der Waals surface area (Å²) >= 11 is 4.70. The molecular formula is C13H16BrNO4S2. The van der Waals surface area contributed by atoms with Gasteiger partial charge in [0, 0.05) is 21.9 Å². The molecule has 0 saturated heterocycles. The first-order valence-electron chi connectivity index (χ1n) is 6.23. The Morgan fingerprint density at radius 1 is 1.43 bits per heavy atom. The molecule has 1 unspecified atom stereocenters. The second kappa shape index (κ2) is 6.21. The van der Waals surface area contributed by atoms with Gasteiger partial charge in [0.15, 0.2) is 4.67 Å². The fourth-order valence-corrected chi connectivity index (χ4v) is 5.34. The van der Waals surface area contributed by atoms with Gasteiger partial charge in [-0.2, -0.15) is 0 Å². The topological polar surface area (TPSA) is 79.5 Å². The number of aliphatic hydroxyl groups is 1. The lowest BCUT2D eigenvalue weighted by molar-refractivity contribution is 0.245. The largest absolute Gasteiger partial charge is 0.450 e. The van der Waals surface area contributed by atoms with Gasteiger partial charge in [-0.3, -0.25) is 0 Å². The van der Waals surface area contributed by atoms with E-state index in [1.807, 2.05) is 19.9 Å². The van der Waals surface area contributed by atoms with Crippen molar-refractivity contribution in [1.82, 2.24) is 4.72 Å². The molecule has 0 radical (unpaired) electrons. The van der Waals surface area contributed by atoms with Gasteiger partial charge >= 0.3 is 0 Å². The Labute approximate surface area is 136 Å². The molecule has 0 bridgehead atoms. The summed E-state index contributed by atoms with van der Waals surface area (Å²) < 4.78 is 32.6. The molecule has 0 aliphatic carbocycles. The van der Waals surface area contributed by atoms with Crippen LogP contribution < -0.4 is 4.72 Å². The van der Waals surface area contributed by atoms with Gasteiger partial charge in [-0.05, 0) is 48.3 Å². The smallest absolute Gasteiger partial charge is 0.245 e. The molecule has 0 spiro atoms. The van der Waals surface area contributed by atoms with Crippen LogP contribution in [0.5, 0.6) is 0 Å². The molecule has 2 heterocycles. The molecule has 2 aromatic heterocycles. The molecule has 8 heteroatoms. The van der Waals surface area contributed by atoms with Crippen molar-refractivity contribution in [3.63, 3.8) is 0 Å². The molecule has 21 heavy (non-hydrogen) atoms. The molecule has 0 saturated carbocycles. The number of hydrogen-bond acceptors (Lipinski definition) is 5. The maximum atomic E-state index is 12.4. The van der Waals surface area contributed by atoms with Crippen LogP contribution >= 0.6 is 27.3 Å². The Balaban J connectivity index is 2.28. The maximum Gasteiger partial charge on any atom is 0.245 e. The first kappa shape index (κ1) is 16.7. The van der Waals surface area contributed by atoms with Crippen LogP contribution in [0.3, 0.4) is 0 Å². The number of nitrogens with one attached hydrogen (secondary N) is 1. The van der Waals surface area contributed by atoms with Crippen LogP contribution in [-0.4, -0.2) is 13.5 Å². The first-order valence-corrected chi connectivity index (χ1v) is 9.32. The summed E-state index contributed by atoms with van der Waals surface area (Å²) in [5.74, 6) is 0.192. The highest BCUT2D eigenvalue weighted by Crippen LogP contribution is 2.30. The minimum atomic E-state index is -3.73. The zero-order valence-corrected chi connectivity index (χ0v) is 15.0. The summed E-state index contributed by atoms with van der Waals surface area (Å²) in [6.45, 7) is 5.40. The number of furan rings is 1. The fourth-order valence-electron chi connectivity index (χ4n) is 2.10. The van der Waals surface area contributed by atoms with E-state index in [4.69, 9.17) is 9.52 Å². The molecule has 116 valence electrons. The highest BCUT2D eigenvalue weighted by Gasteiger charge is 2.25. The van der Waals surface area contributed by atoms with Crippen molar-refractivity contribution in [2.75, 3.05) is 0 Å². The van der Waals surface area contributed by atoms with Gasteiger partial charge in [0.2, 0.25) is 10.0 Å². The molecule has 0 aliphatic heterocycles. The van der Waals surface area contributed by atoms with Crippen molar-refractivity contribution >= 4 is 37.3 Å². The van der Waals surface area contributed by atoms with Crippen LogP contribution in [0.4, 0.5) is 0 Å². The number of halogens is 1. The minimum Gasteiger partial charge on any atom is -0.450 e. The van der Waals surface area contributed by atoms with E-state index >= 15 is 0 Å². The molecule has 2 aromatic rings. The third-order valence-corrected chi connectivity index (χ3v) is 6.41. The maximum absolute atomic E-state index is 12.4. The standard InChI is InChI=1S/C13H16BrNO4S2/c1-7-4-11(9(3)20-7)8(2)15-21(17,18)12-5-10(6-16)19-13(12)14/h4-5,8,15-16H,6H2,1-3H3. The highest BCUT2D eigenvalue weighted by atomic mass is 79.9. The number of aryl methyl sites for hydroxylation is 2. The molecular weight excluding hydrogens is 378 g/mol. The summed E-state index contributed by atoms with van der Waals surface area (Å²) in [6, 6.07) is 2.95. The van der Waals surface area contributed by atoms with Gasteiger partial charge in [0.25, 0.3) is 0 Å². The lowest BCUT2D eigenvalue weighted by Crippen LogP contribution is -2.27. The van der Waals surface area contributed by atoms with Gasteiger partial charge in [-0.1, -0.05) is 0 Å². The summed E-state index contributed by atoms with van der Waals surface area (Å²) in [5.41, 5.74) is 0.961. The summed E-state index contributed by atoms with van der Waals surface area (Å²) in [6.07, 6.45) is 0. The molecule has 2 rings (SSSR count). The van der Waals surface area contributed by atoms with E-state index in [-0.39, 0.29) is 28.0 Å². The molecule has 2 N–H and O–H groups in total. The van der Waals surface area contributed by atoms with Crippen LogP contribution in [0.15, 0.2) is 26.1 Å². The van der Waals surface area contributed by atoms with E-state index in [0.29, 0.717) is 0 Å². The fraction of sp³-hybridized carbons (Fsp3) is 0.385. The van der Waals surface area contributed by atoms with Crippen LogP contribution in [0, 0.1) is 13.8 Å². The van der Waals surface area contributed by atoms with Crippen LogP contribution in [0.2, 0.25) is 0 Å². The number of rotatable bonds is 5. The summed E-state index contributed by atoms with van der Waals surface area (Å²) in [4.78, 5) is 2.22. The molecule has 0 fully saturated rings. The van der Waals surface area contributed by atoms with Crippen molar-refractivity contribution < 1.29 is 17.9 Å². The molecule has 0 amide bonds. The van der Waals surface area contributed by atoms with E-state index < -0.39 is 10.0 Å². The van der Waals surface area contributed by atoms with Crippen molar-refractivity contribution in [1.29, 1.82) is 0 Å². The zero-order valence-electron chi connectivity index (χ0n) is 11.8. The van der Waals surface area contributed by atoms with E-state index in [2.05, 4.69) is 20.7 Å². The second-order valence-corrected chi connectivity index (χ2v) is 8.58. The summed E-state index contributed by atoms with van der Waals surface area (Å²) in [7, 11) is -3.73. The molecule has 0 aliphatic rings.